The zero-order chi connectivity index (χ0) is 15.6. The summed E-state index contributed by atoms with van der Waals surface area (Å²) in [5.74, 6) is 1.12. The first-order valence-corrected chi connectivity index (χ1v) is 8.67. The zero-order valence-corrected chi connectivity index (χ0v) is 14.9. The number of hydrogen-bond acceptors (Lipinski definition) is 4. The molecule has 0 aliphatic heterocycles. The van der Waals surface area contributed by atoms with Crippen LogP contribution in [0, 0.1) is 0 Å². The number of nitrogens with one attached hydrogen (secondary N) is 1. The van der Waals surface area contributed by atoms with Crippen LogP contribution in [0.25, 0.3) is 4.96 Å². The van der Waals surface area contributed by atoms with Gasteiger partial charge >= 0.3 is 0 Å². The second-order valence-electron chi connectivity index (χ2n) is 6.62. The molecule has 0 bridgehead atoms. The summed E-state index contributed by atoms with van der Waals surface area (Å²) in [6.07, 6.45) is 4.41. The Morgan fingerprint density at radius 3 is 2.57 bits per heavy atom. The summed E-state index contributed by atoms with van der Waals surface area (Å²) < 4.78 is 2.22. The summed E-state index contributed by atoms with van der Waals surface area (Å²) in [5.41, 5.74) is 1.36. The fraction of sp³-hybridized carbons (Fsp3) is 0.688. The van der Waals surface area contributed by atoms with E-state index in [1.165, 1.54) is 5.69 Å². The molecule has 2 aromatic heterocycles. The molecule has 0 atom stereocenters. The van der Waals surface area contributed by atoms with Crippen LogP contribution in [0.2, 0.25) is 0 Å². The van der Waals surface area contributed by atoms with Crippen LogP contribution < -0.4 is 10.2 Å². The van der Waals surface area contributed by atoms with Gasteiger partial charge in [-0.05, 0) is 33.6 Å². The molecule has 0 amide bonds. The predicted molar refractivity (Wildman–Crippen MR) is 92.4 cm³/mol. The predicted octanol–water partition coefficient (Wildman–Crippen LogP) is 3.91. The SMILES string of the molecule is CCC(CC)N(C)c1nc2sccn2c1CNC(C)(C)C. The van der Waals surface area contributed by atoms with Crippen LogP contribution >= 0.6 is 11.3 Å². The average molecular weight is 308 g/mol. The van der Waals surface area contributed by atoms with Crippen molar-refractivity contribution in [3.63, 3.8) is 0 Å². The third-order valence-electron chi connectivity index (χ3n) is 3.95. The molecule has 0 unspecified atom stereocenters. The maximum atomic E-state index is 4.86. The summed E-state index contributed by atoms with van der Waals surface area (Å²) in [5, 5.41) is 5.69. The minimum absolute atomic E-state index is 0.102. The highest BCUT2D eigenvalue weighted by Gasteiger charge is 2.21. The van der Waals surface area contributed by atoms with E-state index in [1.54, 1.807) is 11.3 Å². The van der Waals surface area contributed by atoms with Crippen molar-refractivity contribution in [1.82, 2.24) is 14.7 Å². The van der Waals surface area contributed by atoms with E-state index in [4.69, 9.17) is 4.98 Å². The Kier molecular flexibility index (Phi) is 4.94. The van der Waals surface area contributed by atoms with Crippen molar-refractivity contribution in [3.05, 3.63) is 17.3 Å². The highest BCUT2D eigenvalue weighted by Crippen LogP contribution is 2.27. The molecule has 1 N–H and O–H groups in total. The van der Waals surface area contributed by atoms with Crippen molar-refractivity contribution >= 4 is 22.1 Å². The van der Waals surface area contributed by atoms with E-state index in [1.807, 2.05) is 0 Å². The van der Waals surface area contributed by atoms with Crippen LogP contribution in [-0.2, 0) is 6.54 Å². The van der Waals surface area contributed by atoms with Gasteiger partial charge in [-0.15, -0.1) is 11.3 Å². The smallest absolute Gasteiger partial charge is 0.195 e. The van der Waals surface area contributed by atoms with Gasteiger partial charge in [-0.2, -0.15) is 0 Å². The second-order valence-corrected chi connectivity index (χ2v) is 7.50. The number of imidazole rings is 1. The molecule has 0 aromatic carbocycles. The van der Waals surface area contributed by atoms with E-state index in [0.717, 1.165) is 30.2 Å². The van der Waals surface area contributed by atoms with Gasteiger partial charge in [0.05, 0.1) is 5.69 Å². The largest absolute Gasteiger partial charge is 0.355 e. The number of thiazole rings is 1. The highest BCUT2D eigenvalue weighted by molar-refractivity contribution is 7.15. The fourth-order valence-corrected chi connectivity index (χ4v) is 3.35. The number of anilines is 1. The topological polar surface area (TPSA) is 32.6 Å². The van der Waals surface area contributed by atoms with Gasteiger partial charge in [0.2, 0.25) is 0 Å². The molecule has 0 aliphatic carbocycles. The lowest BCUT2D eigenvalue weighted by Crippen LogP contribution is -2.37. The summed E-state index contributed by atoms with van der Waals surface area (Å²) in [6, 6.07) is 0.544. The third-order valence-corrected chi connectivity index (χ3v) is 4.71. The first kappa shape index (κ1) is 16.3. The molecular formula is C16H28N4S. The molecule has 0 aliphatic rings. The van der Waals surface area contributed by atoms with E-state index in [0.29, 0.717) is 6.04 Å². The van der Waals surface area contributed by atoms with Crippen LogP contribution in [0.3, 0.4) is 0 Å². The quantitative estimate of drug-likeness (QED) is 0.878. The fourth-order valence-electron chi connectivity index (χ4n) is 2.63. The first-order valence-electron chi connectivity index (χ1n) is 7.79. The zero-order valence-electron chi connectivity index (χ0n) is 14.1. The van der Waals surface area contributed by atoms with Crippen molar-refractivity contribution in [2.75, 3.05) is 11.9 Å². The minimum Gasteiger partial charge on any atom is -0.355 e. The standard InChI is InChI=1S/C16H28N4S/c1-7-12(8-2)19(6)14-13(11-17-16(3,4)5)20-9-10-21-15(20)18-14/h9-10,12,17H,7-8,11H2,1-6H3. The molecule has 2 aromatic rings. The average Bonchev–Trinajstić information content (AvgIpc) is 2.97. The lowest BCUT2D eigenvalue weighted by molar-refractivity contribution is 0.420. The van der Waals surface area contributed by atoms with Gasteiger partial charge in [0, 0.05) is 36.8 Å². The molecule has 0 radical (unpaired) electrons. The minimum atomic E-state index is 0.102. The van der Waals surface area contributed by atoms with Gasteiger partial charge in [0.25, 0.3) is 0 Å². The number of hydrogen-bond donors (Lipinski definition) is 1. The lowest BCUT2D eigenvalue weighted by atomic mass is 10.1. The Morgan fingerprint density at radius 2 is 2.00 bits per heavy atom. The first-order chi connectivity index (χ1) is 9.87. The Hall–Kier alpha value is -1.07. The van der Waals surface area contributed by atoms with Crippen molar-refractivity contribution in [3.8, 4) is 0 Å². The summed E-state index contributed by atoms with van der Waals surface area (Å²) in [6.45, 7) is 11.9. The van der Waals surface area contributed by atoms with Crippen molar-refractivity contribution in [2.24, 2.45) is 0 Å². The van der Waals surface area contributed by atoms with Gasteiger partial charge in [0.15, 0.2) is 10.8 Å². The van der Waals surface area contributed by atoms with Crippen molar-refractivity contribution in [2.45, 2.75) is 65.6 Å². The van der Waals surface area contributed by atoms with Crippen molar-refractivity contribution < 1.29 is 0 Å². The number of aromatic nitrogens is 2. The number of rotatable bonds is 6. The number of nitrogens with zero attached hydrogens (tertiary/aromatic N) is 3. The molecule has 4 nitrogen and oxygen atoms in total. The monoisotopic (exact) mass is 308 g/mol. The molecule has 118 valence electrons. The molecule has 0 saturated heterocycles. The molecule has 0 spiro atoms. The molecule has 2 heterocycles. The van der Waals surface area contributed by atoms with Gasteiger partial charge in [-0.1, -0.05) is 13.8 Å². The maximum absolute atomic E-state index is 4.86. The van der Waals surface area contributed by atoms with Gasteiger partial charge in [-0.25, -0.2) is 4.98 Å². The normalized spacial score (nSPS) is 12.5. The number of fused-ring (bicyclic) bond motifs is 1. The van der Waals surface area contributed by atoms with E-state index in [-0.39, 0.29) is 5.54 Å². The maximum Gasteiger partial charge on any atom is 0.195 e. The molecule has 5 heteroatoms. The summed E-state index contributed by atoms with van der Waals surface area (Å²) >= 11 is 1.70. The van der Waals surface area contributed by atoms with E-state index >= 15 is 0 Å². The molecule has 21 heavy (non-hydrogen) atoms. The molecule has 0 fully saturated rings. The van der Waals surface area contributed by atoms with Gasteiger partial charge in [0.1, 0.15) is 0 Å². The summed E-state index contributed by atoms with van der Waals surface area (Å²) in [4.78, 5) is 8.28. The summed E-state index contributed by atoms with van der Waals surface area (Å²) in [7, 11) is 2.17. The second kappa shape index (κ2) is 6.36. The Bertz CT molecular complexity index is 575. The third kappa shape index (κ3) is 3.58. The van der Waals surface area contributed by atoms with E-state index < -0.39 is 0 Å². The van der Waals surface area contributed by atoms with Gasteiger partial charge < -0.3 is 10.2 Å². The van der Waals surface area contributed by atoms with E-state index in [2.05, 4.69) is 67.9 Å². The Morgan fingerprint density at radius 1 is 1.33 bits per heavy atom. The Labute approximate surface area is 132 Å². The Balaban J connectivity index is 2.35. The van der Waals surface area contributed by atoms with Crippen LogP contribution in [0.4, 0.5) is 5.82 Å². The van der Waals surface area contributed by atoms with Crippen molar-refractivity contribution in [1.29, 1.82) is 0 Å². The highest BCUT2D eigenvalue weighted by atomic mass is 32.1. The molecule has 0 saturated carbocycles. The van der Waals surface area contributed by atoms with Crippen LogP contribution in [0.5, 0.6) is 0 Å². The molecular weight excluding hydrogens is 280 g/mol. The van der Waals surface area contributed by atoms with E-state index in [9.17, 15) is 0 Å². The lowest BCUT2D eigenvalue weighted by Gasteiger charge is -2.28. The molecule has 2 rings (SSSR count). The van der Waals surface area contributed by atoms with Crippen LogP contribution in [-0.4, -0.2) is 28.0 Å². The van der Waals surface area contributed by atoms with Crippen LogP contribution in [0.1, 0.15) is 53.2 Å². The van der Waals surface area contributed by atoms with Crippen LogP contribution in [0.15, 0.2) is 11.6 Å². The van der Waals surface area contributed by atoms with Gasteiger partial charge in [-0.3, -0.25) is 4.40 Å².